The van der Waals surface area contributed by atoms with Crippen LogP contribution >= 0.6 is 0 Å². The number of nitrogens with zero attached hydrogens (tertiary/aromatic N) is 3. The molecule has 1 fully saturated rings. The van der Waals surface area contributed by atoms with E-state index in [1.807, 2.05) is 18.7 Å². The fourth-order valence-corrected chi connectivity index (χ4v) is 4.64. The average molecular weight is 489 g/mol. The van der Waals surface area contributed by atoms with Crippen LogP contribution in [0.25, 0.3) is 0 Å². The number of benzene rings is 1. The summed E-state index contributed by atoms with van der Waals surface area (Å²) in [6, 6.07) is 4.29. The van der Waals surface area contributed by atoms with Crippen LogP contribution in [0.4, 0.5) is 4.79 Å². The zero-order valence-corrected chi connectivity index (χ0v) is 21.4. The maximum atomic E-state index is 13.2. The molecule has 35 heavy (non-hydrogen) atoms. The number of carbonyl (C=O) groups excluding carboxylic acids is 3. The summed E-state index contributed by atoms with van der Waals surface area (Å²) >= 11 is 0. The van der Waals surface area contributed by atoms with Gasteiger partial charge < -0.3 is 24.4 Å². The fraction of sp³-hybridized carbons (Fsp3) is 0.560. The molecule has 1 aromatic carbocycles. The number of urea groups is 1. The van der Waals surface area contributed by atoms with Gasteiger partial charge in [-0.05, 0) is 31.5 Å². The van der Waals surface area contributed by atoms with E-state index in [1.54, 1.807) is 39.3 Å². The smallest absolute Gasteiger partial charge is 0.338 e. The van der Waals surface area contributed by atoms with Gasteiger partial charge in [0, 0.05) is 51.4 Å². The molecule has 2 aliphatic heterocycles. The van der Waals surface area contributed by atoms with Crippen molar-refractivity contribution in [2.45, 2.75) is 39.3 Å². The van der Waals surface area contributed by atoms with E-state index in [9.17, 15) is 14.4 Å². The monoisotopic (exact) mass is 488 g/mol. The molecule has 0 radical (unpaired) electrons. The largest absolute Gasteiger partial charge is 0.493 e. The lowest BCUT2D eigenvalue weighted by Gasteiger charge is -2.42. The molecule has 2 unspecified atom stereocenters. The van der Waals surface area contributed by atoms with E-state index in [4.69, 9.17) is 14.2 Å². The van der Waals surface area contributed by atoms with E-state index in [0.717, 1.165) is 0 Å². The summed E-state index contributed by atoms with van der Waals surface area (Å²) in [6.45, 7) is 8.10. The summed E-state index contributed by atoms with van der Waals surface area (Å²) in [7, 11) is 4.73. The predicted molar refractivity (Wildman–Crippen MR) is 130 cm³/mol. The second kappa shape index (κ2) is 11.4. The molecule has 2 heterocycles. The molecule has 0 saturated carbocycles. The van der Waals surface area contributed by atoms with Gasteiger partial charge in [0.1, 0.15) is 0 Å². The van der Waals surface area contributed by atoms with Crippen LogP contribution in [-0.4, -0.2) is 92.7 Å². The highest BCUT2D eigenvalue weighted by molar-refractivity contribution is 5.95. The van der Waals surface area contributed by atoms with Crippen LogP contribution in [0.1, 0.15) is 38.8 Å². The van der Waals surface area contributed by atoms with Crippen LogP contribution < -0.4 is 14.8 Å². The number of methoxy groups -OCH3 is 2. The SMILES string of the molecule is CCOC(=O)C1=C(CN2CCN(C(=O)CC)C(C)C2)N(C)C(=O)NC1c1ccc(OC)c(OC)c1. The second-order valence-electron chi connectivity index (χ2n) is 8.66. The van der Waals surface area contributed by atoms with Gasteiger partial charge in [-0.15, -0.1) is 0 Å². The molecule has 1 saturated heterocycles. The van der Waals surface area contributed by atoms with Gasteiger partial charge in [0.2, 0.25) is 5.91 Å². The molecular formula is C25H36N4O6. The second-order valence-corrected chi connectivity index (χ2v) is 8.66. The number of carbonyl (C=O) groups is 3. The van der Waals surface area contributed by atoms with Crippen molar-refractivity contribution in [1.82, 2.24) is 20.0 Å². The van der Waals surface area contributed by atoms with Crippen molar-refractivity contribution in [2.75, 3.05) is 54.1 Å². The van der Waals surface area contributed by atoms with Crippen molar-refractivity contribution in [3.63, 3.8) is 0 Å². The van der Waals surface area contributed by atoms with Crippen molar-refractivity contribution < 1.29 is 28.6 Å². The van der Waals surface area contributed by atoms with Crippen molar-refractivity contribution >= 4 is 17.9 Å². The molecule has 0 aromatic heterocycles. The number of rotatable bonds is 8. The van der Waals surface area contributed by atoms with Crippen molar-refractivity contribution in [3.8, 4) is 11.5 Å². The van der Waals surface area contributed by atoms with Crippen LogP contribution in [0.2, 0.25) is 0 Å². The van der Waals surface area contributed by atoms with E-state index < -0.39 is 12.0 Å². The molecule has 10 nitrogen and oxygen atoms in total. The first-order chi connectivity index (χ1) is 16.7. The Morgan fingerprint density at radius 1 is 1.11 bits per heavy atom. The van der Waals surface area contributed by atoms with Crippen LogP contribution in [0.5, 0.6) is 11.5 Å². The zero-order chi connectivity index (χ0) is 25.7. The summed E-state index contributed by atoms with van der Waals surface area (Å²) < 4.78 is 16.2. The third kappa shape index (κ3) is 5.53. The average Bonchev–Trinajstić information content (AvgIpc) is 2.85. The molecule has 3 amide bonds. The number of ether oxygens (including phenoxy) is 3. The Morgan fingerprint density at radius 2 is 1.83 bits per heavy atom. The van der Waals surface area contributed by atoms with Crippen molar-refractivity contribution in [1.29, 1.82) is 0 Å². The summed E-state index contributed by atoms with van der Waals surface area (Å²) in [5.74, 6) is 0.688. The lowest BCUT2D eigenvalue weighted by Crippen LogP contribution is -2.56. The highest BCUT2D eigenvalue weighted by atomic mass is 16.5. The maximum Gasteiger partial charge on any atom is 0.338 e. The Labute approximate surface area is 206 Å². The Hall–Kier alpha value is -3.27. The maximum absolute atomic E-state index is 13.2. The Morgan fingerprint density at radius 3 is 2.43 bits per heavy atom. The first-order valence-electron chi connectivity index (χ1n) is 11.9. The predicted octanol–water partition coefficient (Wildman–Crippen LogP) is 2.16. The number of piperazine rings is 1. The Balaban J connectivity index is 2.00. The molecule has 192 valence electrons. The minimum absolute atomic E-state index is 0.0345. The molecule has 2 atom stereocenters. The van der Waals surface area contributed by atoms with Gasteiger partial charge in [-0.2, -0.15) is 0 Å². The number of amides is 3. The molecule has 1 N–H and O–H groups in total. The molecule has 2 aliphatic rings. The Bertz CT molecular complexity index is 994. The number of hydrogen-bond donors (Lipinski definition) is 1. The van der Waals surface area contributed by atoms with E-state index in [0.29, 0.717) is 60.9 Å². The molecule has 1 aromatic rings. The summed E-state index contributed by atoms with van der Waals surface area (Å²) in [6.07, 6.45) is 0.471. The molecular weight excluding hydrogens is 452 g/mol. The van der Waals surface area contributed by atoms with Gasteiger partial charge in [0.05, 0.1) is 32.4 Å². The lowest BCUT2D eigenvalue weighted by molar-refractivity contribution is -0.139. The molecule has 0 bridgehead atoms. The molecule has 10 heteroatoms. The highest BCUT2D eigenvalue weighted by Crippen LogP contribution is 2.36. The summed E-state index contributed by atoms with van der Waals surface area (Å²) in [5, 5.41) is 2.93. The van der Waals surface area contributed by atoms with Crippen LogP contribution in [0, 0.1) is 0 Å². The standard InChI is InChI=1S/C25H36N4O6/c1-7-21(30)29-12-11-28(14-16(29)3)15-18-22(24(31)35-8-2)23(26-25(32)27(18)4)17-9-10-19(33-5)20(13-17)34-6/h9-10,13,16,23H,7-8,11-12,14-15H2,1-6H3,(H,26,32). The van der Waals surface area contributed by atoms with Crippen molar-refractivity contribution in [3.05, 3.63) is 35.0 Å². The van der Waals surface area contributed by atoms with Crippen LogP contribution in [0.3, 0.4) is 0 Å². The third-order valence-corrected chi connectivity index (χ3v) is 6.52. The topological polar surface area (TPSA) is 101 Å². The quantitative estimate of drug-likeness (QED) is 0.560. The van der Waals surface area contributed by atoms with E-state index in [1.165, 1.54) is 12.0 Å². The normalized spacial score (nSPS) is 21.0. The third-order valence-electron chi connectivity index (χ3n) is 6.52. The van der Waals surface area contributed by atoms with Crippen molar-refractivity contribution in [2.24, 2.45) is 0 Å². The highest BCUT2D eigenvalue weighted by Gasteiger charge is 2.38. The number of esters is 1. The minimum Gasteiger partial charge on any atom is -0.493 e. The van der Waals surface area contributed by atoms with Gasteiger partial charge in [0.25, 0.3) is 0 Å². The zero-order valence-electron chi connectivity index (χ0n) is 21.4. The number of likely N-dealkylation sites (N-methyl/N-ethyl adjacent to an activating group) is 1. The van der Waals surface area contributed by atoms with E-state index >= 15 is 0 Å². The van der Waals surface area contributed by atoms with Crippen LogP contribution in [-0.2, 0) is 14.3 Å². The minimum atomic E-state index is -0.715. The first-order valence-corrected chi connectivity index (χ1v) is 11.9. The van der Waals surface area contributed by atoms with Gasteiger partial charge >= 0.3 is 12.0 Å². The summed E-state index contributed by atoms with van der Waals surface area (Å²) in [4.78, 5) is 44.0. The molecule has 0 aliphatic carbocycles. The fourth-order valence-electron chi connectivity index (χ4n) is 4.64. The van der Waals surface area contributed by atoms with Gasteiger partial charge in [0.15, 0.2) is 11.5 Å². The molecule has 0 spiro atoms. The number of hydrogen-bond acceptors (Lipinski definition) is 7. The molecule has 3 rings (SSSR count). The summed E-state index contributed by atoms with van der Waals surface area (Å²) in [5.41, 5.74) is 1.63. The van der Waals surface area contributed by atoms with Gasteiger partial charge in [-0.25, -0.2) is 9.59 Å². The Kier molecular flexibility index (Phi) is 8.61. The lowest BCUT2D eigenvalue weighted by atomic mass is 9.93. The van der Waals surface area contributed by atoms with Crippen LogP contribution in [0.15, 0.2) is 29.5 Å². The van der Waals surface area contributed by atoms with E-state index in [2.05, 4.69) is 10.2 Å². The van der Waals surface area contributed by atoms with Gasteiger partial charge in [-0.1, -0.05) is 13.0 Å². The number of nitrogens with one attached hydrogen (secondary N) is 1. The van der Waals surface area contributed by atoms with Gasteiger partial charge in [-0.3, -0.25) is 14.6 Å². The first kappa shape index (κ1) is 26.3. The van der Waals surface area contributed by atoms with E-state index in [-0.39, 0.29) is 24.6 Å².